The zero-order chi connectivity index (χ0) is 17.0. The van der Waals surface area contributed by atoms with E-state index in [-0.39, 0.29) is 11.2 Å². The fourth-order valence-electron chi connectivity index (χ4n) is 2.06. The first-order valence-electron chi connectivity index (χ1n) is 7.41. The van der Waals surface area contributed by atoms with Gasteiger partial charge >= 0.3 is 0 Å². The summed E-state index contributed by atoms with van der Waals surface area (Å²) in [5.41, 5.74) is 0.605. The number of Topliss-reactive ketones (excluding diaryl/α,β-unsaturated/α-hetero) is 1. The molecule has 0 atom stereocenters. The van der Waals surface area contributed by atoms with Crippen LogP contribution in [-0.2, 0) is 5.41 Å². The summed E-state index contributed by atoms with van der Waals surface area (Å²) in [6.07, 6.45) is 1.29. The predicted octanol–water partition coefficient (Wildman–Crippen LogP) is 3.81. The lowest BCUT2D eigenvalue weighted by atomic mass is 9.96. The molecule has 1 aromatic carbocycles. The number of hydrogen-bond donors (Lipinski definition) is 1. The number of thioether (sulfide) groups is 1. The summed E-state index contributed by atoms with van der Waals surface area (Å²) in [6.45, 7) is 6.14. The molecule has 7 heteroatoms. The van der Waals surface area contributed by atoms with Gasteiger partial charge in [-0.2, -0.15) is 0 Å². The van der Waals surface area contributed by atoms with Gasteiger partial charge in [-0.05, 0) is 18.6 Å². The molecule has 0 unspecified atom stereocenters. The van der Waals surface area contributed by atoms with E-state index < -0.39 is 0 Å². The molecular formula is C16H21BrN4OS. The Balaban J connectivity index is 1.83. The van der Waals surface area contributed by atoms with E-state index in [1.165, 1.54) is 11.8 Å². The fourth-order valence-corrected chi connectivity index (χ4v) is 3.12. The normalized spacial score (nSPS) is 11.7. The van der Waals surface area contributed by atoms with E-state index in [1.54, 1.807) is 4.68 Å². The molecule has 0 aliphatic rings. The van der Waals surface area contributed by atoms with Crippen molar-refractivity contribution in [2.24, 2.45) is 0 Å². The van der Waals surface area contributed by atoms with E-state index in [0.29, 0.717) is 11.6 Å². The van der Waals surface area contributed by atoms with Crippen LogP contribution < -0.4 is 5.84 Å². The number of hydrogen-bond acceptors (Lipinski definition) is 5. The summed E-state index contributed by atoms with van der Waals surface area (Å²) >= 11 is 4.89. The Hall–Kier alpha value is -1.34. The Morgan fingerprint density at radius 1 is 1.26 bits per heavy atom. The Labute approximate surface area is 149 Å². The van der Waals surface area contributed by atoms with Crippen molar-refractivity contribution in [2.75, 3.05) is 11.6 Å². The number of aromatic nitrogens is 3. The predicted molar refractivity (Wildman–Crippen MR) is 97.3 cm³/mol. The Kier molecular flexibility index (Phi) is 5.86. The van der Waals surface area contributed by atoms with Gasteiger partial charge in [0.05, 0.1) is 0 Å². The quantitative estimate of drug-likeness (QED) is 0.347. The van der Waals surface area contributed by atoms with Crippen LogP contribution in [0.15, 0.2) is 33.9 Å². The first-order valence-corrected chi connectivity index (χ1v) is 9.19. The SMILES string of the molecule is CC(C)(C)c1nnc(SCCCC(=O)c2ccc(Br)cc2)n1N. The third kappa shape index (κ3) is 4.81. The number of nitrogens with zero attached hydrogens (tertiary/aromatic N) is 3. The molecule has 2 N–H and O–H groups in total. The monoisotopic (exact) mass is 396 g/mol. The molecule has 0 spiro atoms. The summed E-state index contributed by atoms with van der Waals surface area (Å²) in [4.78, 5) is 12.1. The van der Waals surface area contributed by atoms with Crippen molar-refractivity contribution in [3.8, 4) is 0 Å². The first kappa shape index (κ1) is 18.0. The number of nitrogens with two attached hydrogens (primary N) is 1. The average Bonchev–Trinajstić information content (AvgIpc) is 2.85. The number of benzene rings is 1. The molecule has 0 saturated heterocycles. The van der Waals surface area contributed by atoms with Gasteiger partial charge in [0, 0.05) is 27.6 Å². The first-order chi connectivity index (χ1) is 10.8. The molecule has 0 aliphatic carbocycles. The molecule has 0 amide bonds. The van der Waals surface area contributed by atoms with Crippen molar-refractivity contribution in [3.05, 3.63) is 40.1 Å². The highest BCUT2D eigenvalue weighted by Crippen LogP contribution is 2.24. The largest absolute Gasteiger partial charge is 0.336 e. The summed E-state index contributed by atoms with van der Waals surface area (Å²) in [7, 11) is 0. The minimum absolute atomic E-state index is 0.141. The number of nitrogen functional groups attached to an aromatic ring is 1. The lowest BCUT2D eigenvalue weighted by molar-refractivity contribution is 0.0982. The van der Waals surface area contributed by atoms with E-state index in [0.717, 1.165) is 28.0 Å². The molecule has 124 valence electrons. The van der Waals surface area contributed by atoms with E-state index in [2.05, 4.69) is 26.1 Å². The summed E-state index contributed by atoms with van der Waals surface area (Å²) in [5.74, 6) is 7.73. The lowest BCUT2D eigenvalue weighted by Gasteiger charge is -2.16. The summed E-state index contributed by atoms with van der Waals surface area (Å²) in [5, 5.41) is 8.97. The van der Waals surface area contributed by atoms with Gasteiger partial charge in [0.1, 0.15) is 0 Å². The molecule has 23 heavy (non-hydrogen) atoms. The van der Waals surface area contributed by atoms with Crippen LogP contribution >= 0.6 is 27.7 Å². The third-order valence-electron chi connectivity index (χ3n) is 3.28. The topological polar surface area (TPSA) is 73.8 Å². The van der Waals surface area contributed by atoms with Crippen LogP contribution in [0.4, 0.5) is 0 Å². The molecule has 0 radical (unpaired) electrons. The Morgan fingerprint density at radius 2 is 1.91 bits per heavy atom. The maximum absolute atomic E-state index is 12.1. The second kappa shape index (κ2) is 7.49. The second-order valence-corrected chi connectivity index (χ2v) is 8.29. The minimum atomic E-state index is -0.141. The van der Waals surface area contributed by atoms with Gasteiger partial charge in [0.15, 0.2) is 11.6 Å². The molecule has 2 aromatic rings. The van der Waals surface area contributed by atoms with Gasteiger partial charge in [-0.3, -0.25) is 4.79 Å². The van der Waals surface area contributed by atoms with Crippen molar-refractivity contribution >= 4 is 33.5 Å². The summed E-state index contributed by atoms with van der Waals surface area (Å²) < 4.78 is 2.52. The number of carbonyl (C=O) groups is 1. The van der Waals surface area contributed by atoms with Crippen molar-refractivity contribution in [2.45, 2.75) is 44.2 Å². The number of rotatable bonds is 6. The van der Waals surface area contributed by atoms with Gasteiger partial charge in [0.2, 0.25) is 5.16 Å². The summed E-state index contributed by atoms with van der Waals surface area (Å²) in [6, 6.07) is 7.44. The van der Waals surface area contributed by atoms with Crippen LogP contribution in [0.3, 0.4) is 0 Å². The molecule has 1 aromatic heterocycles. The van der Waals surface area contributed by atoms with Crippen LogP contribution in [0.1, 0.15) is 49.8 Å². The fraction of sp³-hybridized carbons (Fsp3) is 0.438. The van der Waals surface area contributed by atoms with E-state index >= 15 is 0 Å². The molecule has 1 heterocycles. The van der Waals surface area contributed by atoms with Gasteiger partial charge < -0.3 is 5.84 Å². The van der Waals surface area contributed by atoms with Crippen molar-refractivity contribution in [1.82, 2.24) is 14.9 Å². The highest BCUT2D eigenvalue weighted by atomic mass is 79.9. The standard InChI is InChI=1S/C16H21BrN4OS/c1-16(2,3)14-19-20-15(21(14)18)23-10-4-5-13(22)11-6-8-12(17)9-7-11/h6-9H,4-5,10,18H2,1-3H3. The molecular weight excluding hydrogens is 376 g/mol. The second-order valence-electron chi connectivity index (χ2n) is 6.31. The molecule has 0 fully saturated rings. The Morgan fingerprint density at radius 3 is 2.48 bits per heavy atom. The number of halogens is 1. The van der Waals surface area contributed by atoms with Gasteiger partial charge in [-0.15, -0.1) is 10.2 Å². The molecule has 0 aliphatic heterocycles. The highest BCUT2D eigenvalue weighted by molar-refractivity contribution is 9.10. The molecule has 0 saturated carbocycles. The van der Waals surface area contributed by atoms with Gasteiger partial charge in [0.25, 0.3) is 0 Å². The van der Waals surface area contributed by atoms with E-state index in [9.17, 15) is 4.79 Å². The molecule has 2 rings (SSSR count). The zero-order valence-corrected chi connectivity index (χ0v) is 15.9. The van der Waals surface area contributed by atoms with Crippen LogP contribution in [0, 0.1) is 0 Å². The van der Waals surface area contributed by atoms with E-state index in [1.807, 2.05) is 45.0 Å². The molecule has 0 bridgehead atoms. The van der Waals surface area contributed by atoms with Crippen molar-refractivity contribution in [1.29, 1.82) is 0 Å². The smallest absolute Gasteiger partial charge is 0.209 e. The zero-order valence-electron chi connectivity index (χ0n) is 13.5. The lowest BCUT2D eigenvalue weighted by Crippen LogP contribution is -2.24. The number of carbonyl (C=O) groups excluding carboxylic acids is 1. The minimum Gasteiger partial charge on any atom is -0.336 e. The highest BCUT2D eigenvalue weighted by Gasteiger charge is 2.22. The van der Waals surface area contributed by atoms with Gasteiger partial charge in [-0.1, -0.05) is 60.6 Å². The van der Waals surface area contributed by atoms with Gasteiger partial charge in [-0.25, -0.2) is 4.68 Å². The average molecular weight is 397 g/mol. The van der Waals surface area contributed by atoms with Crippen molar-refractivity contribution < 1.29 is 4.79 Å². The van der Waals surface area contributed by atoms with Crippen LogP contribution in [-0.4, -0.2) is 26.4 Å². The van der Waals surface area contributed by atoms with E-state index in [4.69, 9.17) is 5.84 Å². The van der Waals surface area contributed by atoms with Crippen LogP contribution in [0.2, 0.25) is 0 Å². The van der Waals surface area contributed by atoms with Crippen LogP contribution in [0.25, 0.3) is 0 Å². The maximum Gasteiger partial charge on any atom is 0.209 e. The molecule has 5 nitrogen and oxygen atoms in total. The van der Waals surface area contributed by atoms with Crippen molar-refractivity contribution in [3.63, 3.8) is 0 Å². The van der Waals surface area contributed by atoms with Crippen LogP contribution in [0.5, 0.6) is 0 Å². The Bertz CT molecular complexity index is 676. The maximum atomic E-state index is 12.1. The third-order valence-corrected chi connectivity index (χ3v) is 4.84. The number of ketones is 1.